The number of ether oxygens (including phenoxy) is 1. The Morgan fingerprint density at radius 2 is 1.60 bits per heavy atom. The molecule has 1 amide bonds. The van der Waals surface area contributed by atoms with E-state index in [0.717, 1.165) is 32.5 Å². The number of nitrogens with zero attached hydrogens (tertiary/aromatic N) is 3. The normalized spacial score (nSPS) is 11.6. The van der Waals surface area contributed by atoms with Gasteiger partial charge in [-0.15, -0.1) is 0 Å². The Balaban J connectivity index is 1.60. The fourth-order valence-corrected chi connectivity index (χ4v) is 6.19. The van der Waals surface area contributed by atoms with E-state index >= 15 is 0 Å². The number of hydrazone groups is 1. The van der Waals surface area contributed by atoms with Gasteiger partial charge in [-0.05, 0) is 93.8 Å². The number of benzene rings is 3. The van der Waals surface area contributed by atoms with Gasteiger partial charge in [-0.1, -0.05) is 30.3 Å². The molecule has 0 aliphatic carbocycles. The summed E-state index contributed by atoms with van der Waals surface area (Å²) >= 11 is 0. The Kier molecular flexibility index (Phi) is 8.44. The number of carbonyl (C=O) groups excluding carboxylic acids is 1. The molecule has 0 saturated carbocycles. The molecule has 0 aliphatic heterocycles. The van der Waals surface area contributed by atoms with Gasteiger partial charge in [0.25, 0.3) is 15.9 Å². The summed E-state index contributed by atoms with van der Waals surface area (Å²) in [5, 5.41) is 4.16. The molecule has 0 spiro atoms. The molecule has 4 rings (SSSR count). The molecule has 1 aromatic heterocycles. The van der Waals surface area contributed by atoms with Crippen molar-refractivity contribution < 1.29 is 17.9 Å². The Bertz CT molecular complexity index is 1650. The number of carbonyl (C=O) groups is 1. The molecule has 1 heterocycles. The molecule has 0 unspecified atom stereocenters. The van der Waals surface area contributed by atoms with E-state index in [0.29, 0.717) is 5.75 Å². The van der Waals surface area contributed by atoms with Crippen molar-refractivity contribution >= 4 is 27.8 Å². The summed E-state index contributed by atoms with van der Waals surface area (Å²) in [5.74, 6) is -0.261. The fraction of sp³-hybridized carbons (Fsp3) is 0.226. The van der Waals surface area contributed by atoms with Crippen LogP contribution in [0.5, 0.6) is 5.75 Å². The highest BCUT2D eigenvalue weighted by atomic mass is 32.2. The van der Waals surface area contributed by atoms with Crippen LogP contribution in [0.2, 0.25) is 0 Å². The Hall–Kier alpha value is -4.37. The van der Waals surface area contributed by atoms with Gasteiger partial charge in [0.05, 0.1) is 23.9 Å². The molecule has 208 valence electrons. The number of hydrogen-bond donors (Lipinski definition) is 1. The van der Waals surface area contributed by atoms with Gasteiger partial charge in [-0.2, -0.15) is 5.10 Å². The second-order valence-corrected chi connectivity index (χ2v) is 11.7. The van der Waals surface area contributed by atoms with E-state index in [2.05, 4.69) is 47.1 Å². The fourth-order valence-electron chi connectivity index (χ4n) is 4.75. The summed E-state index contributed by atoms with van der Waals surface area (Å²) in [6, 6.07) is 21.5. The maximum atomic E-state index is 13.7. The van der Waals surface area contributed by atoms with Crippen LogP contribution in [0.25, 0.3) is 5.69 Å². The first-order chi connectivity index (χ1) is 19.0. The molecule has 0 saturated heterocycles. The SMILES string of the molecule is COc1ccc(C)cc1N(CC(=O)N/N=C/c1cc(C)n(-c2cc(C)cc(C)c2)c1C)S(=O)(=O)c1ccccc1. The van der Waals surface area contributed by atoms with Crippen molar-refractivity contribution in [2.75, 3.05) is 18.0 Å². The average molecular weight is 559 g/mol. The Labute approximate surface area is 236 Å². The van der Waals surface area contributed by atoms with E-state index in [1.165, 1.54) is 30.4 Å². The van der Waals surface area contributed by atoms with Gasteiger partial charge in [-0.3, -0.25) is 9.10 Å². The average Bonchev–Trinajstić information content (AvgIpc) is 3.19. The van der Waals surface area contributed by atoms with Gasteiger partial charge in [0.15, 0.2) is 0 Å². The van der Waals surface area contributed by atoms with Crippen LogP contribution >= 0.6 is 0 Å². The van der Waals surface area contributed by atoms with Gasteiger partial charge < -0.3 is 9.30 Å². The van der Waals surface area contributed by atoms with Crippen LogP contribution in [0.1, 0.15) is 33.6 Å². The molecular formula is C31H34N4O4S. The zero-order chi connectivity index (χ0) is 29.0. The zero-order valence-electron chi connectivity index (χ0n) is 23.6. The monoisotopic (exact) mass is 558 g/mol. The van der Waals surface area contributed by atoms with E-state index in [-0.39, 0.29) is 10.6 Å². The Morgan fingerprint density at radius 1 is 0.925 bits per heavy atom. The van der Waals surface area contributed by atoms with Crippen LogP contribution in [0.4, 0.5) is 5.69 Å². The highest BCUT2D eigenvalue weighted by molar-refractivity contribution is 7.92. The number of aromatic nitrogens is 1. The van der Waals surface area contributed by atoms with Crippen molar-refractivity contribution in [3.05, 3.63) is 106 Å². The van der Waals surface area contributed by atoms with Crippen LogP contribution in [-0.2, 0) is 14.8 Å². The summed E-state index contributed by atoms with van der Waals surface area (Å²) < 4.78 is 35.9. The van der Waals surface area contributed by atoms with Crippen molar-refractivity contribution in [2.45, 2.75) is 39.5 Å². The van der Waals surface area contributed by atoms with Crippen molar-refractivity contribution in [2.24, 2.45) is 5.10 Å². The van der Waals surface area contributed by atoms with Crippen LogP contribution in [0.15, 0.2) is 82.8 Å². The molecule has 4 aromatic rings. The van der Waals surface area contributed by atoms with Crippen LogP contribution in [-0.4, -0.2) is 38.8 Å². The third-order valence-electron chi connectivity index (χ3n) is 6.55. The lowest BCUT2D eigenvalue weighted by Gasteiger charge is -2.25. The van der Waals surface area contributed by atoms with Gasteiger partial charge in [-0.25, -0.2) is 13.8 Å². The third kappa shape index (κ3) is 6.10. The maximum absolute atomic E-state index is 13.7. The molecule has 40 heavy (non-hydrogen) atoms. The number of amides is 1. The predicted octanol–water partition coefficient (Wildman–Crippen LogP) is 5.37. The lowest BCUT2D eigenvalue weighted by atomic mass is 10.1. The number of anilines is 1. The van der Waals surface area contributed by atoms with Crippen LogP contribution < -0.4 is 14.5 Å². The summed E-state index contributed by atoms with van der Waals surface area (Å²) in [5.41, 5.74) is 9.82. The predicted molar refractivity (Wildman–Crippen MR) is 159 cm³/mol. The molecule has 8 nitrogen and oxygen atoms in total. The molecule has 0 radical (unpaired) electrons. The lowest BCUT2D eigenvalue weighted by Crippen LogP contribution is -2.39. The minimum atomic E-state index is -4.09. The molecule has 0 aliphatic rings. The van der Waals surface area contributed by atoms with Crippen molar-refractivity contribution in [3.8, 4) is 11.4 Å². The van der Waals surface area contributed by atoms with E-state index in [1.807, 2.05) is 32.9 Å². The number of rotatable bonds is 9. The number of methoxy groups -OCH3 is 1. The molecule has 3 aromatic carbocycles. The number of aryl methyl sites for hydroxylation is 4. The smallest absolute Gasteiger partial charge is 0.264 e. The van der Waals surface area contributed by atoms with Crippen molar-refractivity contribution in [1.82, 2.24) is 9.99 Å². The van der Waals surface area contributed by atoms with E-state index in [9.17, 15) is 13.2 Å². The first-order valence-electron chi connectivity index (χ1n) is 12.8. The summed E-state index contributed by atoms with van der Waals surface area (Å²) in [6.45, 7) is 9.49. The summed E-state index contributed by atoms with van der Waals surface area (Å²) in [4.78, 5) is 13.1. The standard InChI is InChI=1S/C31H34N4O4S/c1-21-12-13-30(39-6)29(17-21)34(40(37,38)28-10-8-7-9-11-28)20-31(36)33-32-19-26-18-24(4)35(25(26)5)27-15-22(2)14-23(3)16-27/h7-19H,20H2,1-6H3,(H,33,36)/b32-19+. The first-order valence-corrected chi connectivity index (χ1v) is 14.3. The second-order valence-electron chi connectivity index (χ2n) is 9.80. The lowest BCUT2D eigenvalue weighted by molar-refractivity contribution is -0.119. The highest BCUT2D eigenvalue weighted by Crippen LogP contribution is 2.33. The van der Waals surface area contributed by atoms with Crippen molar-refractivity contribution in [3.63, 3.8) is 0 Å². The maximum Gasteiger partial charge on any atom is 0.264 e. The number of sulfonamides is 1. The summed E-state index contributed by atoms with van der Waals surface area (Å²) in [6.07, 6.45) is 1.57. The molecule has 0 fully saturated rings. The highest BCUT2D eigenvalue weighted by Gasteiger charge is 2.29. The third-order valence-corrected chi connectivity index (χ3v) is 8.32. The topological polar surface area (TPSA) is 93.0 Å². The minimum Gasteiger partial charge on any atom is -0.495 e. The number of nitrogens with one attached hydrogen (secondary N) is 1. The Morgan fingerprint density at radius 3 is 2.25 bits per heavy atom. The largest absolute Gasteiger partial charge is 0.495 e. The van der Waals surface area contributed by atoms with Crippen LogP contribution in [0.3, 0.4) is 0 Å². The van der Waals surface area contributed by atoms with E-state index in [4.69, 9.17) is 4.74 Å². The quantitative estimate of drug-likeness (QED) is 0.221. The van der Waals surface area contributed by atoms with Gasteiger partial charge in [0, 0.05) is 22.6 Å². The van der Waals surface area contributed by atoms with E-state index < -0.39 is 22.5 Å². The van der Waals surface area contributed by atoms with Gasteiger partial charge >= 0.3 is 0 Å². The molecule has 0 bridgehead atoms. The number of hydrogen-bond acceptors (Lipinski definition) is 5. The summed E-state index contributed by atoms with van der Waals surface area (Å²) in [7, 11) is -2.63. The minimum absolute atomic E-state index is 0.0636. The zero-order valence-corrected chi connectivity index (χ0v) is 24.4. The molecule has 9 heteroatoms. The van der Waals surface area contributed by atoms with Crippen molar-refractivity contribution in [1.29, 1.82) is 0 Å². The first kappa shape index (κ1) is 28.6. The van der Waals surface area contributed by atoms with Crippen LogP contribution in [0, 0.1) is 34.6 Å². The molecular weight excluding hydrogens is 524 g/mol. The van der Waals surface area contributed by atoms with Gasteiger partial charge in [0.1, 0.15) is 12.3 Å². The molecule has 0 atom stereocenters. The molecule has 1 N–H and O–H groups in total. The van der Waals surface area contributed by atoms with E-state index in [1.54, 1.807) is 36.5 Å². The van der Waals surface area contributed by atoms with Gasteiger partial charge in [0.2, 0.25) is 0 Å². The second kappa shape index (κ2) is 11.8.